The van der Waals surface area contributed by atoms with Crippen LogP contribution < -0.4 is 0 Å². The number of carbonyl (C=O) groups is 2. The Labute approximate surface area is 259 Å². The molecule has 5 saturated carbocycles. The fourth-order valence-electron chi connectivity index (χ4n) is 12.5. The maximum absolute atomic E-state index is 13.0. The average Bonchev–Trinajstić information content (AvgIpc) is 3.35. The standard InChI is InChI=1S/C39H54O4/c1-25(2)28-16-21-39(24-40)23-22-37(6)29(34(28)39)13-14-31-36(5)19-18-32(35(3,4)30(36)17-20-38(31,37)7)43-33(42)15-10-26-8-11-27(41)12-9-26/h8-12,15,24,28-32,34,41H,1,13-14,16-23H2,2-7H3/b15-10+/t28-,29+,30-,31+,32?,34+,36-,37+,38+,39+/m0/s1. The highest BCUT2D eigenvalue weighted by Gasteiger charge is 2.71. The molecule has 0 saturated heterocycles. The number of allylic oxidation sites excluding steroid dienone is 1. The predicted octanol–water partition coefficient (Wildman–Crippen LogP) is 9.17. The minimum Gasteiger partial charge on any atom is -0.508 e. The van der Waals surface area contributed by atoms with Crippen molar-refractivity contribution in [3.63, 3.8) is 0 Å². The Bertz CT molecular complexity index is 1310. The summed E-state index contributed by atoms with van der Waals surface area (Å²) < 4.78 is 6.20. The second kappa shape index (κ2) is 10.3. The lowest BCUT2D eigenvalue weighted by atomic mass is 9.32. The summed E-state index contributed by atoms with van der Waals surface area (Å²) in [7, 11) is 0. The minimum atomic E-state index is -0.284. The number of carbonyl (C=O) groups excluding carboxylic acids is 2. The molecule has 4 nitrogen and oxygen atoms in total. The van der Waals surface area contributed by atoms with E-state index in [0.717, 1.165) is 37.7 Å². The van der Waals surface area contributed by atoms with Gasteiger partial charge in [0.1, 0.15) is 18.1 Å². The lowest BCUT2D eigenvalue weighted by Gasteiger charge is -2.72. The predicted molar refractivity (Wildman–Crippen MR) is 172 cm³/mol. The highest BCUT2D eigenvalue weighted by atomic mass is 16.5. The first-order chi connectivity index (χ1) is 20.2. The Morgan fingerprint density at radius 2 is 1.60 bits per heavy atom. The first-order valence-corrected chi connectivity index (χ1v) is 17.0. The van der Waals surface area contributed by atoms with E-state index in [4.69, 9.17) is 4.74 Å². The summed E-state index contributed by atoms with van der Waals surface area (Å²) in [6.07, 6.45) is 15.8. The molecule has 1 N–H and O–H groups in total. The molecule has 1 unspecified atom stereocenters. The Hall–Kier alpha value is -2.36. The molecule has 43 heavy (non-hydrogen) atoms. The molecule has 5 aliphatic carbocycles. The van der Waals surface area contributed by atoms with Gasteiger partial charge in [0, 0.05) is 16.9 Å². The molecule has 1 aromatic rings. The largest absolute Gasteiger partial charge is 0.508 e. The molecule has 0 radical (unpaired) electrons. The first kappa shape index (κ1) is 30.7. The molecule has 6 rings (SSSR count). The van der Waals surface area contributed by atoms with Gasteiger partial charge in [-0.3, -0.25) is 0 Å². The quantitative estimate of drug-likeness (QED) is 0.162. The van der Waals surface area contributed by atoms with Gasteiger partial charge in [-0.2, -0.15) is 0 Å². The van der Waals surface area contributed by atoms with Crippen molar-refractivity contribution in [2.45, 2.75) is 112 Å². The molecule has 0 amide bonds. The third-order valence-corrected chi connectivity index (χ3v) is 14.9. The SMILES string of the molecule is C=C(C)[C@@H]1CC[C@]2(C=O)CC[C@]3(C)[C@H](CC[C@@H]4[C@@]5(C)CCC(OC(=O)/C=C/c6ccc(O)cc6)C(C)(C)[C@@H]5CC[C@]43C)[C@@H]12. The maximum atomic E-state index is 13.0. The number of benzene rings is 1. The minimum absolute atomic E-state index is 0.100. The number of aldehydes is 1. The highest BCUT2D eigenvalue weighted by molar-refractivity contribution is 5.87. The van der Waals surface area contributed by atoms with Crippen LogP contribution >= 0.6 is 0 Å². The van der Waals surface area contributed by atoms with Crippen molar-refractivity contribution < 1.29 is 19.4 Å². The lowest BCUT2D eigenvalue weighted by Crippen LogP contribution is -2.66. The van der Waals surface area contributed by atoms with Gasteiger partial charge in [-0.05, 0) is 141 Å². The molecule has 5 aliphatic rings. The summed E-state index contributed by atoms with van der Waals surface area (Å²) in [6, 6.07) is 6.83. The number of phenols is 1. The van der Waals surface area contributed by atoms with Gasteiger partial charge in [0.05, 0.1) is 0 Å². The number of rotatable bonds is 5. The van der Waals surface area contributed by atoms with Crippen LogP contribution in [-0.2, 0) is 14.3 Å². The number of hydrogen-bond donors (Lipinski definition) is 1. The zero-order valence-electron chi connectivity index (χ0n) is 27.5. The number of ether oxygens (including phenoxy) is 1. The van der Waals surface area contributed by atoms with Crippen LogP contribution in [0.3, 0.4) is 0 Å². The van der Waals surface area contributed by atoms with E-state index in [-0.39, 0.29) is 44.9 Å². The van der Waals surface area contributed by atoms with Crippen LogP contribution in [0.4, 0.5) is 0 Å². The lowest BCUT2D eigenvalue weighted by molar-refractivity contribution is -0.247. The zero-order valence-corrected chi connectivity index (χ0v) is 27.5. The number of esters is 1. The van der Waals surface area contributed by atoms with Crippen molar-refractivity contribution in [3.05, 3.63) is 48.1 Å². The summed E-state index contributed by atoms with van der Waals surface area (Å²) in [6.45, 7) is 19.2. The van der Waals surface area contributed by atoms with Crippen LogP contribution in [0.2, 0.25) is 0 Å². The van der Waals surface area contributed by atoms with E-state index in [1.165, 1.54) is 50.0 Å². The van der Waals surface area contributed by atoms with Gasteiger partial charge in [0.25, 0.3) is 0 Å². The van der Waals surface area contributed by atoms with E-state index in [1.54, 1.807) is 30.3 Å². The van der Waals surface area contributed by atoms with Gasteiger partial charge in [-0.15, -0.1) is 0 Å². The van der Waals surface area contributed by atoms with Gasteiger partial charge in [-0.25, -0.2) is 4.79 Å². The van der Waals surface area contributed by atoms with Crippen molar-refractivity contribution in [1.82, 2.24) is 0 Å². The molecule has 1 aromatic carbocycles. The van der Waals surface area contributed by atoms with E-state index in [0.29, 0.717) is 29.6 Å². The highest BCUT2D eigenvalue weighted by Crippen LogP contribution is 2.77. The molecule has 10 atom stereocenters. The van der Waals surface area contributed by atoms with Crippen LogP contribution in [-0.4, -0.2) is 23.5 Å². The first-order valence-electron chi connectivity index (χ1n) is 17.0. The molecule has 0 heterocycles. The monoisotopic (exact) mass is 586 g/mol. The van der Waals surface area contributed by atoms with E-state index < -0.39 is 0 Å². The smallest absolute Gasteiger partial charge is 0.331 e. The Kier molecular flexibility index (Phi) is 7.38. The van der Waals surface area contributed by atoms with Crippen LogP contribution in [0.5, 0.6) is 5.75 Å². The fourth-order valence-corrected chi connectivity index (χ4v) is 12.5. The van der Waals surface area contributed by atoms with Gasteiger partial charge in [0.2, 0.25) is 0 Å². The Balaban J connectivity index is 1.23. The second-order valence-corrected chi connectivity index (χ2v) is 16.7. The third kappa shape index (κ3) is 4.43. The van der Waals surface area contributed by atoms with Gasteiger partial charge >= 0.3 is 5.97 Å². The molecular formula is C39H54O4. The van der Waals surface area contributed by atoms with E-state index in [1.807, 2.05) is 0 Å². The number of phenolic OH excluding ortho intramolecular Hbond substituents is 1. The maximum Gasteiger partial charge on any atom is 0.331 e. The van der Waals surface area contributed by atoms with Crippen LogP contribution in [0, 0.1) is 56.7 Å². The zero-order chi connectivity index (χ0) is 31.0. The second-order valence-electron chi connectivity index (χ2n) is 16.7. The molecule has 234 valence electrons. The normalized spacial score (nSPS) is 44.9. The summed E-state index contributed by atoms with van der Waals surface area (Å²) in [5.74, 6) is 2.58. The number of hydrogen-bond acceptors (Lipinski definition) is 4. The summed E-state index contributed by atoms with van der Waals surface area (Å²) in [4.78, 5) is 25.7. The Morgan fingerprint density at radius 3 is 2.28 bits per heavy atom. The van der Waals surface area contributed by atoms with E-state index in [9.17, 15) is 14.7 Å². The number of fused-ring (bicyclic) bond motifs is 7. The third-order valence-electron chi connectivity index (χ3n) is 14.9. The van der Waals surface area contributed by atoms with Crippen molar-refractivity contribution in [1.29, 1.82) is 0 Å². The number of aromatic hydroxyl groups is 1. The molecule has 0 spiro atoms. The topological polar surface area (TPSA) is 63.6 Å². The summed E-state index contributed by atoms with van der Waals surface area (Å²) >= 11 is 0. The van der Waals surface area contributed by atoms with Gasteiger partial charge in [-0.1, -0.05) is 58.9 Å². The fraction of sp³-hybridized carbons (Fsp3) is 0.692. The molecule has 5 fully saturated rings. The van der Waals surface area contributed by atoms with Crippen molar-refractivity contribution in [3.8, 4) is 5.75 Å². The molecule has 0 aliphatic heterocycles. The van der Waals surface area contributed by atoms with Crippen molar-refractivity contribution in [2.24, 2.45) is 56.7 Å². The molecular weight excluding hydrogens is 532 g/mol. The van der Waals surface area contributed by atoms with E-state index in [2.05, 4.69) is 48.1 Å². The van der Waals surface area contributed by atoms with Crippen LogP contribution in [0.1, 0.15) is 111 Å². The summed E-state index contributed by atoms with van der Waals surface area (Å²) in [5.41, 5.74) is 2.58. The molecule has 0 aromatic heterocycles. The van der Waals surface area contributed by atoms with Gasteiger partial charge < -0.3 is 14.6 Å². The molecule has 4 heteroatoms. The average molecular weight is 587 g/mol. The van der Waals surface area contributed by atoms with Crippen LogP contribution in [0.15, 0.2) is 42.5 Å². The van der Waals surface area contributed by atoms with Crippen molar-refractivity contribution >= 4 is 18.3 Å². The van der Waals surface area contributed by atoms with Crippen LogP contribution in [0.25, 0.3) is 6.08 Å². The summed E-state index contributed by atoms with van der Waals surface area (Å²) in [5, 5.41) is 9.54. The van der Waals surface area contributed by atoms with Gasteiger partial charge in [0.15, 0.2) is 0 Å². The Morgan fingerprint density at radius 1 is 0.884 bits per heavy atom. The molecule has 0 bridgehead atoms. The van der Waals surface area contributed by atoms with E-state index >= 15 is 0 Å². The van der Waals surface area contributed by atoms with Crippen molar-refractivity contribution in [2.75, 3.05) is 0 Å².